The lowest BCUT2D eigenvalue weighted by atomic mass is 10.0. The molecule has 4 N–H and O–H groups in total. The summed E-state index contributed by atoms with van der Waals surface area (Å²) in [5.41, 5.74) is 3.89. The smallest absolute Gasteiger partial charge is 0.264 e. The van der Waals surface area contributed by atoms with Crippen LogP contribution in [-0.4, -0.2) is 35.1 Å². The number of aryl methyl sites for hydroxylation is 1. The molecule has 0 saturated heterocycles. The van der Waals surface area contributed by atoms with Crippen LogP contribution in [0.25, 0.3) is 11.1 Å². The van der Waals surface area contributed by atoms with E-state index in [0.717, 1.165) is 11.1 Å². The zero-order valence-electron chi connectivity index (χ0n) is 18.4. The highest BCUT2D eigenvalue weighted by atomic mass is 32.2. The molecule has 3 aromatic rings. The number of aromatic nitrogens is 1. The van der Waals surface area contributed by atoms with Gasteiger partial charge in [0.05, 0.1) is 0 Å². The molecule has 0 bridgehead atoms. The molecule has 1 heterocycles. The van der Waals surface area contributed by atoms with Crippen LogP contribution in [0.1, 0.15) is 29.3 Å². The Morgan fingerprint density at radius 1 is 1.03 bits per heavy atom. The number of hydroxylamine groups is 1. The van der Waals surface area contributed by atoms with E-state index in [9.17, 15) is 23.1 Å². The Morgan fingerprint density at radius 2 is 1.71 bits per heavy atom. The highest BCUT2D eigenvalue weighted by molar-refractivity contribution is 7.81. The van der Waals surface area contributed by atoms with E-state index in [1.807, 2.05) is 30.3 Å². The zero-order valence-corrected chi connectivity index (χ0v) is 19.2. The standard InChI is InChI=1S/C24H25N3O6S/c1-24(34(32)33,23(30)26-31)12-14-27-13-11-20(15-21(27)28)18-7-9-19(10-8-18)22(29)25-16-17-5-3-2-4-6-17/h2-11,13,15,31H,12,14,16H2,1H3,(H,25,29)(H,26,30)(H,32,33). The minimum absolute atomic E-state index is 0.00411. The number of pyridine rings is 1. The van der Waals surface area contributed by atoms with E-state index in [1.54, 1.807) is 30.3 Å². The molecule has 2 amide bonds. The summed E-state index contributed by atoms with van der Waals surface area (Å²) in [5.74, 6) is -1.21. The highest BCUT2D eigenvalue weighted by Crippen LogP contribution is 2.20. The van der Waals surface area contributed by atoms with Crippen molar-refractivity contribution in [2.24, 2.45) is 0 Å². The minimum atomic E-state index is -2.55. The first kappa shape index (κ1) is 25.0. The number of carbonyl (C=O) groups excluding carboxylic acids is 2. The molecule has 0 spiro atoms. The van der Waals surface area contributed by atoms with Gasteiger partial charge in [0.15, 0.2) is 15.8 Å². The maximum atomic E-state index is 12.5. The lowest BCUT2D eigenvalue weighted by Gasteiger charge is -2.23. The number of rotatable bonds is 9. The summed E-state index contributed by atoms with van der Waals surface area (Å²) in [4.78, 5) is 36.7. The normalized spacial score (nSPS) is 13.5. The molecule has 2 unspecified atom stereocenters. The molecule has 0 radical (unpaired) electrons. The second-order valence-electron chi connectivity index (χ2n) is 7.86. The zero-order chi connectivity index (χ0) is 24.7. The lowest BCUT2D eigenvalue weighted by Crippen LogP contribution is -2.47. The Bertz CT molecular complexity index is 1240. The number of carbonyl (C=O) groups is 2. The fourth-order valence-electron chi connectivity index (χ4n) is 3.30. The van der Waals surface area contributed by atoms with E-state index in [0.29, 0.717) is 17.7 Å². The van der Waals surface area contributed by atoms with Crippen molar-refractivity contribution < 1.29 is 23.6 Å². The Balaban J connectivity index is 1.67. The Morgan fingerprint density at radius 3 is 2.29 bits per heavy atom. The van der Waals surface area contributed by atoms with Gasteiger partial charge < -0.3 is 14.4 Å². The molecule has 0 aliphatic rings. The predicted octanol–water partition coefficient (Wildman–Crippen LogP) is 2.32. The van der Waals surface area contributed by atoms with Crippen LogP contribution in [0.2, 0.25) is 0 Å². The fourth-order valence-corrected chi connectivity index (χ4v) is 3.77. The topological polar surface area (TPSA) is 138 Å². The minimum Gasteiger partial charge on any atom is -0.348 e. The van der Waals surface area contributed by atoms with Gasteiger partial charge >= 0.3 is 0 Å². The van der Waals surface area contributed by atoms with Gasteiger partial charge in [-0.2, -0.15) is 0 Å². The van der Waals surface area contributed by atoms with Crippen LogP contribution < -0.4 is 16.4 Å². The number of nitrogens with zero attached hydrogens (tertiary/aromatic N) is 1. The lowest BCUT2D eigenvalue weighted by molar-refractivity contribution is -0.131. The molecule has 0 fully saturated rings. The molecule has 10 heteroatoms. The van der Waals surface area contributed by atoms with E-state index >= 15 is 0 Å². The van der Waals surface area contributed by atoms with Crippen LogP contribution in [0.5, 0.6) is 0 Å². The Labute approximate surface area is 198 Å². The molecule has 3 rings (SSSR count). The molecular weight excluding hydrogens is 458 g/mol. The number of amides is 2. The Hall–Kier alpha value is -3.60. The monoisotopic (exact) mass is 483 g/mol. The first-order chi connectivity index (χ1) is 16.2. The molecule has 2 atom stereocenters. The van der Waals surface area contributed by atoms with E-state index in [-0.39, 0.29) is 24.4 Å². The number of benzene rings is 2. The second-order valence-corrected chi connectivity index (χ2v) is 9.26. The molecule has 0 saturated carbocycles. The maximum Gasteiger partial charge on any atom is 0.264 e. The van der Waals surface area contributed by atoms with Gasteiger partial charge in [0, 0.05) is 30.9 Å². The van der Waals surface area contributed by atoms with Crippen LogP contribution in [0.3, 0.4) is 0 Å². The molecular formula is C24H25N3O6S. The van der Waals surface area contributed by atoms with Gasteiger partial charge in [0.2, 0.25) is 0 Å². The van der Waals surface area contributed by atoms with Gasteiger partial charge in [0.1, 0.15) is 0 Å². The summed E-state index contributed by atoms with van der Waals surface area (Å²) < 4.78 is 20.6. The summed E-state index contributed by atoms with van der Waals surface area (Å²) in [6.07, 6.45) is 1.38. The molecule has 178 valence electrons. The summed E-state index contributed by atoms with van der Waals surface area (Å²) in [6, 6.07) is 19.5. The van der Waals surface area contributed by atoms with Gasteiger partial charge in [-0.1, -0.05) is 42.5 Å². The van der Waals surface area contributed by atoms with Crippen molar-refractivity contribution >= 4 is 22.9 Å². The van der Waals surface area contributed by atoms with Crippen molar-refractivity contribution in [3.05, 3.63) is 94.4 Å². The molecule has 2 aromatic carbocycles. The molecule has 34 heavy (non-hydrogen) atoms. The summed E-state index contributed by atoms with van der Waals surface area (Å²) in [7, 11) is 0. The first-order valence-electron chi connectivity index (χ1n) is 10.4. The van der Waals surface area contributed by atoms with E-state index in [1.165, 1.54) is 29.2 Å². The number of nitrogens with one attached hydrogen (secondary N) is 2. The second kappa shape index (κ2) is 11.0. The van der Waals surface area contributed by atoms with E-state index in [2.05, 4.69) is 5.32 Å². The van der Waals surface area contributed by atoms with Crippen LogP contribution in [0, 0.1) is 0 Å². The van der Waals surface area contributed by atoms with Crippen molar-refractivity contribution in [3.8, 4) is 11.1 Å². The third-order valence-electron chi connectivity index (χ3n) is 5.57. The van der Waals surface area contributed by atoms with E-state index < -0.39 is 21.7 Å². The van der Waals surface area contributed by atoms with Crippen molar-refractivity contribution in [2.45, 2.75) is 31.2 Å². The van der Waals surface area contributed by atoms with E-state index in [4.69, 9.17) is 5.21 Å². The van der Waals surface area contributed by atoms with Gasteiger partial charge in [-0.3, -0.25) is 19.6 Å². The van der Waals surface area contributed by atoms with Crippen LogP contribution >= 0.6 is 0 Å². The van der Waals surface area contributed by atoms with Gasteiger partial charge in [0.25, 0.3) is 17.4 Å². The average molecular weight is 484 g/mol. The number of hydrogen-bond donors (Lipinski definition) is 4. The summed E-state index contributed by atoms with van der Waals surface area (Å²) >= 11 is -2.55. The maximum absolute atomic E-state index is 12.5. The van der Waals surface area contributed by atoms with Crippen molar-refractivity contribution in [1.82, 2.24) is 15.4 Å². The third kappa shape index (κ3) is 5.84. The van der Waals surface area contributed by atoms with Crippen molar-refractivity contribution in [2.75, 3.05) is 0 Å². The average Bonchev–Trinajstić information content (AvgIpc) is 2.86. The third-order valence-corrected chi connectivity index (χ3v) is 6.73. The predicted molar refractivity (Wildman–Crippen MR) is 127 cm³/mol. The highest BCUT2D eigenvalue weighted by Gasteiger charge is 2.39. The number of hydrogen-bond acceptors (Lipinski definition) is 5. The van der Waals surface area contributed by atoms with Crippen molar-refractivity contribution in [1.29, 1.82) is 0 Å². The largest absolute Gasteiger partial charge is 0.348 e. The van der Waals surface area contributed by atoms with Gasteiger partial charge in [-0.25, -0.2) is 9.69 Å². The summed E-state index contributed by atoms with van der Waals surface area (Å²) in [6.45, 7) is 1.64. The van der Waals surface area contributed by atoms with Crippen LogP contribution in [-0.2, 0) is 29.0 Å². The fraction of sp³-hybridized carbons (Fsp3) is 0.208. The molecule has 0 aliphatic carbocycles. The SMILES string of the molecule is CC(CCn1ccc(-c2ccc(C(=O)NCc3ccccc3)cc2)cc1=O)(C(=O)NO)S(=O)O. The Kier molecular flexibility index (Phi) is 8.11. The summed E-state index contributed by atoms with van der Waals surface area (Å²) in [5, 5.41) is 11.7. The van der Waals surface area contributed by atoms with Crippen LogP contribution in [0.4, 0.5) is 0 Å². The molecule has 9 nitrogen and oxygen atoms in total. The molecule has 1 aromatic heterocycles. The van der Waals surface area contributed by atoms with Crippen LogP contribution in [0.15, 0.2) is 77.7 Å². The molecule has 0 aliphatic heterocycles. The van der Waals surface area contributed by atoms with Gasteiger partial charge in [-0.05, 0) is 48.2 Å². The first-order valence-corrected chi connectivity index (χ1v) is 11.5. The quantitative estimate of drug-likeness (QED) is 0.209. The van der Waals surface area contributed by atoms with Crippen molar-refractivity contribution in [3.63, 3.8) is 0 Å². The van der Waals surface area contributed by atoms with Gasteiger partial charge in [-0.15, -0.1) is 0 Å².